The molecule has 9 rings (SSSR count). The molecule has 212 valence electrons. The van der Waals surface area contributed by atoms with E-state index >= 15 is 0 Å². The van der Waals surface area contributed by atoms with Gasteiger partial charge >= 0.3 is 0 Å². The minimum absolute atomic E-state index is 0.0414. The third-order valence-corrected chi connectivity index (χ3v) is 10.1. The molecule has 45 heavy (non-hydrogen) atoms. The molecule has 0 saturated carbocycles. The average molecular weight is 573 g/mol. The van der Waals surface area contributed by atoms with Gasteiger partial charge in [-0.2, -0.15) is 0 Å². The highest BCUT2D eigenvalue weighted by Gasteiger charge is 2.37. The average Bonchev–Trinajstić information content (AvgIpc) is 3.33. The Bertz CT molecular complexity index is 2380. The van der Waals surface area contributed by atoms with Gasteiger partial charge in [-0.25, -0.2) is 0 Å². The van der Waals surface area contributed by atoms with Gasteiger partial charge in [0.05, 0.1) is 0 Å². The molecule has 0 fully saturated rings. The van der Waals surface area contributed by atoms with Gasteiger partial charge in [0.25, 0.3) is 0 Å². The van der Waals surface area contributed by atoms with Gasteiger partial charge in [0, 0.05) is 5.41 Å². The second-order valence-corrected chi connectivity index (χ2v) is 12.9. The Balaban J connectivity index is 1.28. The predicted octanol–water partition coefficient (Wildman–Crippen LogP) is 12.5. The number of fused-ring (bicyclic) bond motifs is 6. The molecule has 0 heteroatoms. The van der Waals surface area contributed by atoms with Gasteiger partial charge in [0.2, 0.25) is 0 Å². The van der Waals surface area contributed by atoms with E-state index in [1.807, 2.05) is 0 Å². The predicted molar refractivity (Wildman–Crippen MR) is 193 cm³/mol. The first-order valence-corrected chi connectivity index (χ1v) is 15.9. The first kappa shape index (κ1) is 26.0. The van der Waals surface area contributed by atoms with Crippen molar-refractivity contribution in [2.75, 3.05) is 0 Å². The number of hydrogen-bond acceptors (Lipinski definition) is 0. The minimum Gasteiger partial charge on any atom is -0.0619 e. The topological polar surface area (TPSA) is 0 Å². The summed E-state index contributed by atoms with van der Waals surface area (Å²) in [4.78, 5) is 0. The SMILES string of the molecule is CC1(C)c2ccccc2-c2c(-c3c4ccccc4c(-c4ccc(-c5ccc6ccccc6c5)cc4)c4ccccc34)cccc21. The van der Waals surface area contributed by atoms with Gasteiger partial charge < -0.3 is 0 Å². The molecule has 0 bridgehead atoms. The summed E-state index contributed by atoms with van der Waals surface area (Å²) >= 11 is 0. The van der Waals surface area contributed by atoms with Crippen LogP contribution in [0.3, 0.4) is 0 Å². The zero-order valence-electron chi connectivity index (χ0n) is 25.5. The highest BCUT2D eigenvalue weighted by molar-refractivity contribution is 6.22. The minimum atomic E-state index is -0.0414. The lowest BCUT2D eigenvalue weighted by Crippen LogP contribution is -2.14. The Kier molecular flexibility index (Phi) is 5.64. The standard InChI is InChI=1S/C45H32/c1-45(2)40-20-10-9-18-38(40)44-39(19-11-21-41(44)45)43-36-16-7-5-14-34(36)42(35-15-6-8-17-37(35)43)31-25-22-30(23-26-31)33-27-24-29-12-3-4-13-32(29)28-33/h3-28H,1-2H3. The van der Waals surface area contributed by atoms with Crippen LogP contribution >= 0.6 is 0 Å². The molecule has 0 saturated heterocycles. The first-order chi connectivity index (χ1) is 22.1. The molecule has 1 aliphatic carbocycles. The molecule has 0 N–H and O–H groups in total. The van der Waals surface area contributed by atoms with Gasteiger partial charge in [-0.3, -0.25) is 0 Å². The molecular weight excluding hydrogens is 540 g/mol. The zero-order valence-corrected chi connectivity index (χ0v) is 25.5. The van der Waals surface area contributed by atoms with Crippen LogP contribution in [0.15, 0.2) is 158 Å². The smallest absolute Gasteiger partial charge is 0.0159 e. The van der Waals surface area contributed by atoms with Crippen LogP contribution in [0.5, 0.6) is 0 Å². The van der Waals surface area contributed by atoms with Crippen molar-refractivity contribution in [3.05, 3.63) is 169 Å². The molecule has 0 nitrogen and oxygen atoms in total. The Hall–Kier alpha value is -5.46. The third kappa shape index (κ3) is 3.85. The van der Waals surface area contributed by atoms with Crippen LogP contribution < -0.4 is 0 Å². The van der Waals surface area contributed by atoms with Crippen molar-refractivity contribution in [1.82, 2.24) is 0 Å². The second kappa shape index (κ2) is 9.78. The maximum absolute atomic E-state index is 2.36. The summed E-state index contributed by atoms with van der Waals surface area (Å²) in [7, 11) is 0. The molecule has 8 aromatic rings. The van der Waals surface area contributed by atoms with E-state index in [9.17, 15) is 0 Å². The van der Waals surface area contributed by atoms with Gasteiger partial charge in [0.15, 0.2) is 0 Å². The van der Waals surface area contributed by atoms with Gasteiger partial charge in [-0.05, 0) is 94.0 Å². The molecule has 0 radical (unpaired) electrons. The molecule has 0 atom stereocenters. The summed E-state index contributed by atoms with van der Waals surface area (Å²) in [6.45, 7) is 4.73. The maximum atomic E-state index is 2.36. The number of rotatable bonds is 3. The quantitative estimate of drug-likeness (QED) is 0.185. The molecule has 0 amide bonds. The lowest BCUT2D eigenvalue weighted by atomic mass is 9.80. The van der Waals surface area contributed by atoms with Crippen LogP contribution in [0.25, 0.3) is 76.8 Å². The summed E-state index contributed by atoms with van der Waals surface area (Å²) in [5.41, 5.74) is 13.1. The molecule has 8 aromatic carbocycles. The Morgan fingerprint density at radius 3 is 1.56 bits per heavy atom. The van der Waals surface area contributed by atoms with E-state index in [1.54, 1.807) is 0 Å². The van der Waals surface area contributed by atoms with Crippen molar-refractivity contribution in [3.63, 3.8) is 0 Å². The van der Waals surface area contributed by atoms with E-state index in [2.05, 4.69) is 172 Å². The van der Waals surface area contributed by atoms with Crippen molar-refractivity contribution >= 4 is 32.3 Å². The summed E-state index contributed by atoms with van der Waals surface area (Å²) in [5, 5.41) is 7.69. The number of benzene rings is 8. The molecule has 0 unspecified atom stereocenters. The maximum Gasteiger partial charge on any atom is 0.0159 e. The normalized spacial score (nSPS) is 13.3. The van der Waals surface area contributed by atoms with Gasteiger partial charge in [0.1, 0.15) is 0 Å². The van der Waals surface area contributed by atoms with Crippen molar-refractivity contribution in [2.24, 2.45) is 0 Å². The van der Waals surface area contributed by atoms with Crippen molar-refractivity contribution in [3.8, 4) is 44.5 Å². The lowest BCUT2D eigenvalue weighted by Gasteiger charge is -2.22. The van der Waals surface area contributed by atoms with Crippen LogP contribution in [0.1, 0.15) is 25.0 Å². The lowest BCUT2D eigenvalue weighted by molar-refractivity contribution is 0.660. The zero-order chi connectivity index (χ0) is 30.1. The molecule has 0 aliphatic heterocycles. The summed E-state index contributed by atoms with van der Waals surface area (Å²) in [6, 6.07) is 58.3. The van der Waals surface area contributed by atoms with E-state index in [4.69, 9.17) is 0 Å². The van der Waals surface area contributed by atoms with Crippen molar-refractivity contribution < 1.29 is 0 Å². The Morgan fingerprint density at radius 1 is 0.333 bits per heavy atom. The highest BCUT2D eigenvalue weighted by atomic mass is 14.4. The van der Waals surface area contributed by atoms with Crippen LogP contribution in [0, 0.1) is 0 Å². The van der Waals surface area contributed by atoms with E-state index < -0.39 is 0 Å². The Morgan fingerprint density at radius 2 is 0.844 bits per heavy atom. The highest BCUT2D eigenvalue weighted by Crippen LogP contribution is 2.54. The summed E-state index contributed by atoms with van der Waals surface area (Å²) in [5.74, 6) is 0. The third-order valence-electron chi connectivity index (χ3n) is 10.1. The largest absolute Gasteiger partial charge is 0.0619 e. The summed E-state index contributed by atoms with van der Waals surface area (Å²) in [6.07, 6.45) is 0. The molecule has 0 aromatic heterocycles. The van der Waals surface area contributed by atoms with Gasteiger partial charge in [-0.15, -0.1) is 0 Å². The molecule has 0 spiro atoms. The molecular formula is C45H32. The fourth-order valence-electron chi connectivity index (χ4n) is 7.89. The molecule has 0 heterocycles. The Labute approximate surface area is 264 Å². The van der Waals surface area contributed by atoms with Crippen molar-refractivity contribution in [2.45, 2.75) is 19.3 Å². The van der Waals surface area contributed by atoms with Crippen LogP contribution in [-0.4, -0.2) is 0 Å². The molecule has 1 aliphatic rings. The van der Waals surface area contributed by atoms with Crippen LogP contribution in [0.4, 0.5) is 0 Å². The monoisotopic (exact) mass is 572 g/mol. The fraction of sp³-hybridized carbons (Fsp3) is 0.0667. The fourth-order valence-corrected chi connectivity index (χ4v) is 7.89. The van der Waals surface area contributed by atoms with E-state index in [1.165, 1.54) is 88.0 Å². The van der Waals surface area contributed by atoms with Crippen molar-refractivity contribution in [1.29, 1.82) is 0 Å². The van der Waals surface area contributed by atoms with E-state index in [0.717, 1.165) is 0 Å². The van der Waals surface area contributed by atoms with Gasteiger partial charge in [-0.1, -0.05) is 166 Å². The number of hydrogen-bond donors (Lipinski definition) is 0. The summed E-state index contributed by atoms with van der Waals surface area (Å²) < 4.78 is 0. The second-order valence-electron chi connectivity index (χ2n) is 12.9. The van der Waals surface area contributed by atoms with E-state index in [-0.39, 0.29) is 5.41 Å². The first-order valence-electron chi connectivity index (χ1n) is 15.9. The van der Waals surface area contributed by atoms with Crippen LogP contribution in [0.2, 0.25) is 0 Å². The van der Waals surface area contributed by atoms with Crippen LogP contribution in [-0.2, 0) is 5.41 Å². The van der Waals surface area contributed by atoms with E-state index in [0.29, 0.717) is 0 Å².